The van der Waals surface area contributed by atoms with Crippen LogP contribution >= 0.6 is 15.9 Å². The van der Waals surface area contributed by atoms with E-state index in [2.05, 4.69) is 31.2 Å². The van der Waals surface area contributed by atoms with Crippen molar-refractivity contribution in [1.82, 2.24) is 9.97 Å². The number of aromatic nitrogens is 2. The average molecular weight is 344 g/mol. The smallest absolute Gasteiger partial charge is 0.122 e. The lowest BCUT2D eigenvalue weighted by molar-refractivity contribution is 0.414. The maximum absolute atomic E-state index is 5.25. The Morgan fingerprint density at radius 3 is 2.76 bits per heavy atom. The van der Waals surface area contributed by atoms with E-state index >= 15 is 0 Å². The van der Waals surface area contributed by atoms with Gasteiger partial charge in [0.15, 0.2) is 0 Å². The average Bonchev–Trinajstić information content (AvgIpc) is 2.52. The van der Waals surface area contributed by atoms with Gasteiger partial charge in [0.25, 0.3) is 0 Å². The van der Waals surface area contributed by atoms with E-state index in [1.54, 1.807) is 13.3 Å². The number of anilines is 1. The fourth-order valence-corrected chi connectivity index (χ4v) is 2.53. The van der Waals surface area contributed by atoms with Gasteiger partial charge < -0.3 is 10.1 Å². The van der Waals surface area contributed by atoms with Crippen LogP contribution < -0.4 is 10.1 Å². The Morgan fingerprint density at radius 2 is 1.95 bits per heavy atom. The van der Waals surface area contributed by atoms with E-state index < -0.39 is 0 Å². The number of hydrogen-bond acceptors (Lipinski definition) is 4. The second-order valence-corrected chi connectivity index (χ2v) is 5.50. The van der Waals surface area contributed by atoms with Crippen LogP contribution in [0.1, 0.15) is 5.69 Å². The first-order valence-corrected chi connectivity index (χ1v) is 7.33. The molecule has 0 amide bonds. The molecule has 0 fully saturated rings. The van der Waals surface area contributed by atoms with E-state index in [1.807, 2.05) is 42.5 Å². The highest BCUT2D eigenvalue weighted by Crippen LogP contribution is 2.24. The van der Waals surface area contributed by atoms with Crippen LogP contribution in [0.25, 0.3) is 11.0 Å². The summed E-state index contributed by atoms with van der Waals surface area (Å²) in [5.74, 6) is 0.802. The van der Waals surface area contributed by atoms with Crippen molar-refractivity contribution in [2.45, 2.75) is 6.54 Å². The van der Waals surface area contributed by atoms with Gasteiger partial charge in [-0.3, -0.25) is 4.98 Å². The Kier molecular flexibility index (Phi) is 4.01. The SMILES string of the molecule is COc1cc(Br)cc(NCc2cnc3ccccc3n2)c1. The van der Waals surface area contributed by atoms with Gasteiger partial charge in [0.2, 0.25) is 0 Å². The summed E-state index contributed by atoms with van der Waals surface area (Å²) in [5, 5.41) is 3.33. The van der Waals surface area contributed by atoms with Crippen LogP contribution in [0.4, 0.5) is 5.69 Å². The molecule has 1 N–H and O–H groups in total. The zero-order chi connectivity index (χ0) is 14.7. The van der Waals surface area contributed by atoms with Gasteiger partial charge in [0.1, 0.15) is 5.75 Å². The number of halogens is 1. The molecule has 0 unspecified atom stereocenters. The molecular weight excluding hydrogens is 330 g/mol. The van der Waals surface area contributed by atoms with Crippen LogP contribution in [0, 0.1) is 0 Å². The quantitative estimate of drug-likeness (QED) is 0.777. The summed E-state index contributed by atoms with van der Waals surface area (Å²) >= 11 is 3.46. The monoisotopic (exact) mass is 343 g/mol. The maximum Gasteiger partial charge on any atom is 0.122 e. The Hall–Kier alpha value is -2.14. The summed E-state index contributed by atoms with van der Waals surface area (Å²) in [6.45, 7) is 0.609. The number of rotatable bonds is 4. The summed E-state index contributed by atoms with van der Waals surface area (Å²) in [6, 6.07) is 13.7. The molecule has 5 heteroatoms. The molecule has 0 aliphatic heterocycles. The molecular formula is C16H14BrN3O. The van der Waals surface area contributed by atoms with Gasteiger partial charge in [-0.2, -0.15) is 0 Å². The standard InChI is InChI=1S/C16H14BrN3O/c1-21-14-7-11(17)6-12(8-14)18-9-13-10-19-15-4-2-3-5-16(15)20-13/h2-8,10,18H,9H2,1H3. The lowest BCUT2D eigenvalue weighted by Gasteiger charge is -2.09. The number of benzene rings is 2. The van der Waals surface area contributed by atoms with Crippen molar-refractivity contribution in [3.05, 3.63) is 58.8 Å². The minimum Gasteiger partial charge on any atom is -0.497 e. The Labute approximate surface area is 131 Å². The number of para-hydroxylation sites is 2. The molecule has 4 nitrogen and oxygen atoms in total. The number of hydrogen-bond donors (Lipinski definition) is 1. The van der Waals surface area contributed by atoms with Gasteiger partial charge in [-0.25, -0.2) is 4.98 Å². The van der Waals surface area contributed by atoms with Crippen molar-refractivity contribution in [2.24, 2.45) is 0 Å². The van der Waals surface area contributed by atoms with Gasteiger partial charge in [0, 0.05) is 16.2 Å². The number of nitrogens with zero attached hydrogens (tertiary/aromatic N) is 2. The van der Waals surface area contributed by atoms with E-state index in [0.717, 1.165) is 32.6 Å². The van der Waals surface area contributed by atoms with Crippen LogP contribution in [-0.2, 0) is 6.54 Å². The van der Waals surface area contributed by atoms with E-state index in [0.29, 0.717) is 6.54 Å². The van der Waals surface area contributed by atoms with Crippen molar-refractivity contribution in [2.75, 3.05) is 12.4 Å². The molecule has 0 aliphatic rings. The normalized spacial score (nSPS) is 10.6. The van der Waals surface area contributed by atoms with Crippen LogP contribution in [-0.4, -0.2) is 17.1 Å². The first-order chi connectivity index (χ1) is 10.2. The molecule has 0 spiro atoms. The number of ether oxygens (including phenoxy) is 1. The molecule has 1 aromatic heterocycles. The predicted octanol–water partition coefficient (Wildman–Crippen LogP) is 4.01. The summed E-state index contributed by atoms with van der Waals surface area (Å²) in [4.78, 5) is 9.00. The molecule has 2 aromatic carbocycles. The lowest BCUT2D eigenvalue weighted by atomic mass is 10.2. The van der Waals surface area contributed by atoms with E-state index in [4.69, 9.17) is 4.74 Å². The topological polar surface area (TPSA) is 47.0 Å². The van der Waals surface area contributed by atoms with Gasteiger partial charge in [0.05, 0.1) is 36.6 Å². The third-order valence-electron chi connectivity index (χ3n) is 3.08. The number of nitrogens with one attached hydrogen (secondary N) is 1. The molecule has 0 saturated heterocycles. The molecule has 21 heavy (non-hydrogen) atoms. The predicted molar refractivity (Wildman–Crippen MR) is 87.6 cm³/mol. The van der Waals surface area contributed by atoms with Crippen LogP contribution in [0.15, 0.2) is 53.1 Å². The van der Waals surface area contributed by atoms with E-state index in [9.17, 15) is 0 Å². The molecule has 0 bridgehead atoms. The molecule has 0 aliphatic carbocycles. The van der Waals surface area contributed by atoms with Crippen molar-refractivity contribution >= 4 is 32.7 Å². The lowest BCUT2D eigenvalue weighted by Crippen LogP contribution is -2.03. The van der Waals surface area contributed by atoms with Crippen LogP contribution in [0.2, 0.25) is 0 Å². The zero-order valence-corrected chi connectivity index (χ0v) is 13.1. The first-order valence-electron chi connectivity index (χ1n) is 6.54. The van der Waals surface area contributed by atoms with Gasteiger partial charge in [-0.15, -0.1) is 0 Å². The third kappa shape index (κ3) is 3.31. The summed E-state index contributed by atoms with van der Waals surface area (Å²) < 4.78 is 6.21. The van der Waals surface area contributed by atoms with Gasteiger partial charge in [-0.1, -0.05) is 28.1 Å². The number of fused-ring (bicyclic) bond motifs is 1. The second-order valence-electron chi connectivity index (χ2n) is 4.58. The third-order valence-corrected chi connectivity index (χ3v) is 3.54. The largest absolute Gasteiger partial charge is 0.497 e. The highest BCUT2D eigenvalue weighted by molar-refractivity contribution is 9.10. The summed E-state index contributed by atoms with van der Waals surface area (Å²) in [7, 11) is 1.65. The molecule has 106 valence electrons. The van der Waals surface area contributed by atoms with Crippen molar-refractivity contribution in [1.29, 1.82) is 0 Å². The van der Waals surface area contributed by atoms with Crippen molar-refractivity contribution in [3.8, 4) is 5.75 Å². The fraction of sp³-hybridized carbons (Fsp3) is 0.125. The van der Waals surface area contributed by atoms with Gasteiger partial charge >= 0.3 is 0 Å². The summed E-state index contributed by atoms with van der Waals surface area (Å²) in [6.07, 6.45) is 1.80. The van der Waals surface area contributed by atoms with E-state index in [1.165, 1.54) is 0 Å². The molecule has 0 saturated carbocycles. The van der Waals surface area contributed by atoms with Gasteiger partial charge in [-0.05, 0) is 24.3 Å². The summed E-state index contributed by atoms with van der Waals surface area (Å²) in [5.41, 5.74) is 3.68. The Balaban J connectivity index is 1.78. The Bertz CT molecular complexity index is 776. The Morgan fingerprint density at radius 1 is 1.14 bits per heavy atom. The highest BCUT2D eigenvalue weighted by atomic mass is 79.9. The van der Waals surface area contributed by atoms with Crippen LogP contribution in [0.3, 0.4) is 0 Å². The minimum atomic E-state index is 0.609. The maximum atomic E-state index is 5.25. The molecule has 1 heterocycles. The molecule has 0 atom stereocenters. The number of methoxy groups -OCH3 is 1. The van der Waals surface area contributed by atoms with E-state index in [-0.39, 0.29) is 0 Å². The van der Waals surface area contributed by atoms with Crippen molar-refractivity contribution < 1.29 is 4.74 Å². The molecule has 3 rings (SSSR count). The second kappa shape index (κ2) is 6.10. The molecule has 0 radical (unpaired) electrons. The minimum absolute atomic E-state index is 0.609. The first kappa shape index (κ1) is 13.8. The zero-order valence-electron chi connectivity index (χ0n) is 11.5. The van der Waals surface area contributed by atoms with Crippen LogP contribution in [0.5, 0.6) is 5.75 Å². The highest BCUT2D eigenvalue weighted by Gasteiger charge is 2.02. The van der Waals surface area contributed by atoms with Crippen molar-refractivity contribution in [3.63, 3.8) is 0 Å². The fourth-order valence-electron chi connectivity index (χ4n) is 2.06. The molecule has 3 aromatic rings.